The van der Waals surface area contributed by atoms with Gasteiger partial charge in [0.05, 0.1) is 0 Å². The predicted octanol–water partition coefficient (Wildman–Crippen LogP) is 1.16. The Bertz CT molecular complexity index is 198. The Hall–Kier alpha value is -0.610. The molecular formula is C12H23NO3. The molecule has 0 bridgehead atoms. The number of nitrogens with one attached hydrogen (secondary N) is 1. The lowest BCUT2D eigenvalue weighted by Gasteiger charge is -2.14. The fraction of sp³-hybridized carbons (Fsp3) is 0.917. The summed E-state index contributed by atoms with van der Waals surface area (Å²) in [7, 11) is 0. The van der Waals surface area contributed by atoms with Crippen LogP contribution in [0, 0.1) is 5.92 Å². The molecule has 4 heteroatoms. The van der Waals surface area contributed by atoms with Crippen LogP contribution in [0.25, 0.3) is 0 Å². The average Bonchev–Trinajstić information content (AvgIpc) is 2.52. The molecule has 3 N–H and O–H groups in total. The van der Waals surface area contributed by atoms with E-state index in [4.69, 9.17) is 10.2 Å². The van der Waals surface area contributed by atoms with Crippen LogP contribution in [0.4, 0.5) is 0 Å². The SMILES string of the molecule is O=C(NCCCC(O)O)C1CCCCCC1. The average molecular weight is 229 g/mol. The third kappa shape index (κ3) is 5.47. The van der Waals surface area contributed by atoms with Crippen LogP contribution in [0.5, 0.6) is 0 Å². The molecule has 0 aromatic heterocycles. The quantitative estimate of drug-likeness (QED) is 0.376. The van der Waals surface area contributed by atoms with E-state index in [0.29, 0.717) is 19.4 Å². The van der Waals surface area contributed by atoms with Crippen molar-refractivity contribution >= 4 is 5.91 Å². The molecule has 0 aromatic rings. The first kappa shape index (κ1) is 13.5. The summed E-state index contributed by atoms with van der Waals surface area (Å²) in [6, 6.07) is 0. The van der Waals surface area contributed by atoms with E-state index in [0.717, 1.165) is 25.7 Å². The Labute approximate surface area is 97.0 Å². The first-order valence-corrected chi connectivity index (χ1v) is 6.34. The predicted molar refractivity (Wildman–Crippen MR) is 61.7 cm³/mol. The molecular weight excluding hydrogens is 206 g/mol. The van der Waals surface area contributed by atoms with Crippen molar-refractivity contribution in [1.82, 2.24) is 5.32 Å². The second kappa shape index (κ2) is 7.63. The fourth-order valence-electron chi connectivity index (χ4n) is 2.18. The van der Waals surface area contributed by atoms with E-state index in [-0.39, 0.29) is 11.8 Å². The number of hydrogen-bond donors (Lipinski definition) is 3. The highest BCUT2D eigenvalue weighted by Crippen LogP contribution is 2.22. The lowest BCUT2D eigenvalue weighted by molar-refractivity contribution is -0.125. The van der Waals surface area contributed by atoms with E-state index < -0.39 is 6.29 Å². The van der Waals surface area contributed by atoms with Crippen LogP contribution in [0.2, 0.25) is 0 Å². The van der Waals surface area contributed by atoms with Gasteiger partial charge in [0.25, 0.3) is 0 Å². The minimum absolute atomic E-state index is 0.148. The molecule has 1 rings (SSSR count). The molecule has 0 unspecified atom stereocenters. The number of hydrogen-bond acceptors (Lipinski definition) is 3. The molecule has 1 fully saturated rings. The second-order valence-electron chi connectivity index (χ2n) is 4.60. The molecule has 1 aliphatic carbocycles. The summed E-state index contributed by atoms with van der Waals surface area (Å²) >= 11 is 0. The van der Waals surface area contributed by atoms with Crippen LogP contribution in [0.15, 0.2) is 0 Å². The van der Waals surface area contributed by atoms with Crippen molar-refractivity contribution in [3.63, 3.8) is 0 Å². The maximum atomic E-state index is 11.8. The van der Waals surface area contributed by atoms with Crippen LogP contribution in [-0.4, -0.2) is 29.0 Å². The van der Waals surface area contributed by atoms with Crippen LogP contribution in [-0.2, 0) is 4.79 Å². The highest BCUT2D eigenvalue weighted by Gasteiger charge is 2.19. The number of amides is 1. The Kier molecular flexibility index (Phi) is 6.42. The molecule has 0 aromatic carbocycles. The minimum Gasteiger partial charge on any atom is -0.368 e. The molecule has 1 aliphatic rings. The van der Waals surface area contributed by atoms with Gasteiger partial charge >= 0.3 is 0 Å². The highest BCUT2D eigenvalue weighted by atomic mass is 16.5. The van der Waals surface area contributed by atoms with Gasteiger partial charge in [-0.1, -0.05) is 25.7 Å². The lowest BCUT2D eigenvalue weighted by Crippen LogP contribution is -2.31. The monoisotopic (exact) mass is 229 g/mol. The number of carbonyl (C=O) groups is 1. The van der Waals surface area contributed by atoms with E-state index in [2.05, 4.69) is 5.32 Å². The van der Waals surface area contributed by atoms with Gasteiger partial charge in [-0.3, -0.25) is 4.79 Å². The number of aliphatic hydroxyl groups is 2. The minimum atomic E-state index is -1.25. The maximum Gasteiger partial charge on any atom is 0.223 e. The summed E-state index contributed by atoms with van der Waals surface area (Å²) in [5.41, 5.74) is 0. The van der Waals surface area contributed by atoms with Gasteiger partial charge in [-0.15, -0.1) is 0 Å². The summed E-state index contributed by atoms with van der Waals surface area (Å²) in [6.07, 6.45) is 6.53. The zero-order chi connectivity index (χ0) is 11.8. The van der Waals surface area contributed by atoms with E-state index in [9.17, 15) is 4.79 Å². The first-order chi connectivity index (χ1) is 7.70. The Balaban J connectivity index is 2.13. The summed E-state index contributed by atoms with van der Waals surface area (Å²) < 4.78 is 0. The Morgan fingerprint density at radius 3 is 2.38 bits per heavy atom. The largest absolute Gasteiger partial charge is 0.368 e. The molecule has 0 atom stereocenters. The molecule has 16 heavy (non-hydrogen) atoms. The van der Waals surface area contributed by atoms with Crippen molar-refractivity contribution in [2.75, 3.05) is 6.54 Å². The third-order valence-corrected chi connectivity index (χ3v) is 3.16. The molecule has 4 nitrogen and oxygen atoms in total. The van der Waals surface area contributed by atoms with Crippen molar-refractivity contribution in [3.05, 3.63) is 0 Å². The van der Waals surface area contributed by atoms with Crippen LogP contribution in [0.3, 0.4) is 0 Å². The summed E-state index contributed by atoms with van der Waals surface area (Å²) in [4.78, 5) is 11.8. The van der Waals surface area contributed by atoms with Crippen molar-refractivity contribution < 1.29 is 15.0 Å². The van der Waals surface area contributed by atoms with Crippen molar-refractivity contribution in [3.8, 4) is 0 Å². The molecule has 94 valence electrons. The molecule has 0 spiro atoms. The normalized spacial score (nSPS) is 18.4. The smallest absolute Gasteiger partial charge is 0.223 e. The van der Waals surface area contributed by atoms with E-state index in [1.54, 1.807) is 0 Å². The highest BCUT2D eigenvalue weighted by molar-refractivity contribution is 5.78. The van der Waals surface area contributed by atoms with E-state index in [1.807, 2.05) is 0 Å². The van der Waals surface area contributed by atoms with Crippen LogP contribution >= 0.6 is 0 Å². The molecule has 1 saturated carbocycles. The molecule has 1 amide bonds. The summed E-state index contributed by atoms with van der Waals surface area (Å²) in [5, 5.41) is 20.2. The summed E-state index contributed by atoms with van der Waals surface area (Å²) in [6.45, 7) is 0.549. The standard InChI is InChI=1S/C12H23NO3/c14-11(15)8-5-9-13-12(16)10-6-3-1-2-4-7-10/h10-11,14-15H,1-9H2,(H,13,16). The molecule has 0 aliphatic heterocycles. The van der Waals surface area contributed by atoms with Gasteiger partial charge in [-0.2, -0.15) is 0 Å². The van der Waals surface area contributed by atoms with E-state index in [1.165, 1.54) is 12.8 Å². The summed E-state index contributed by atoms with van der Waals surface area (Å²) in [5.74, 6) is 0.330. The van der Waals surface area contributed by atoms with Gasteiger partial charge in [0.1, 0.15) is 0 Å². The van der Waals surface area contributed by atoms with Gasteiger partial charge in [-0.25, -0.2) is 0 Å². The van der Waals surface area contributed by atoms with Crippen molar-refractivity contribution in [2.45, 2.75) is 57.7 Å². The number of aliphatic hydroxyl groups excluding tert-OH is 1. The van der Waals surface area contributed by atoms with Crippen molar-refractivity contribution in [1.29, 1.82) is 0 Å². The van der Waals surface area contributed by atoms with Gasteiger partial charge in [-0.05, 0) is 25.7 Å². The second-order valence-corrected chi connectivity index (χ2v) is 4.60. The van der Waals surface area contributed by atoms with Gasteiger partial charge in [0.2, 0.25) is 5.91 Å². The van der Waals surface area contributed by atoms with Crippen LogP contribution < -0.4 is 5.32 Å². The zero-order valence-corrected chi connectivity index (χ0v) is 9.82. The third-order valence-electron chi connectivity index (χ3n) is 3.16. The van der Waals surface area contributed by atoms with Crippen LogP contribution in [0.1, 0.15) is 51.4 Å². The number of carbonyl (C=O) groups excluding carboxylic acids is 1. The van der Waals surface area contributed by atoms with Gasteiger partial charge in [0, 0.05) is 12.5 Å². The van der Waals surface area contributed by atoms with Gasteiger partial charge in [0.15, 0.2) is 6.29 Å². The first-order valence-electron chi connectivity index (χ1n) is 6.34. The number of rotatable bonds is 5. The Morgan fingerprint density at radius 2 is 1.81 bits per heavy atom. The van der Waals surface area contributed by atoms with Gasteiger partial charge < -0.3 is 15.5 Å². The lowest BCUT2D eigenvalue weighted by atomic mass is 9.99. The van der Waals surface area contributed by atoms with E-state index >= 15 is 0 Å². The molecule has 0 heterocycles. The molecule has 0 radical (unpaired) electrons. The topological polar surface area (TPSA) is 69.6 Å². The molecule has 0 saturated heterocycles. The fourth-order valence-corrected chi connectivity index (χ4v) is 2.18. The zero-order valence-electron chi connectivity index (χ0n) is 9.82. The van der Waals surface area contributed by atoms with Crippen molar-refractivity contribution in [2.24, 2.45) is 5.92 Å². The Morgan fingerprint density at radius 1 is 1.19 bits per heavy atom. The maximum absolute atomic E-state index is 11.8.